The molecule has 3 rings (SSSR count). The highest BCUT2D eigenvalue weighted by Crippen LogP contribution is 2.37. The van der Waals surface area contributed by atoms with Crippen LogP contribution in [-0.4, -0.2) is 15.0 Å². The third-order valence-electron chi connectivity index (χ3n) is 3.53. The molecular formula is C13H14N4. The van der Waals surface area contributed by atoms with E-state index in [0.29, 0.717) is 11.5 Å². The van der Waals surface area contributed by atoms with E-state index in [1.165, 1.54) is 12.8 Å². The van der Waals surface area contributed by atoms with Crippen molar-refractivity contribution in [3.05, 3.63) is 23.8 Å². The molecule has 1 heterocycles. The molecule has 0 saturated heterocycles. The van der Waals surface area contributed by atoms with Gasteiger partial charge >= 0.3 is 0 Å². The zero-order valence-corrected chi connectivity index (χ0v) is 9.80. The fraction of sp³-hybridized carbons (Fsp3) is 0.462. The van der Waals surface area contributed by atoms with Gasteiger partial charge in [-0.05, 0) is 42.9 Å². The molecule has 2 aromatic rings. The summed E-state index contributed by atoms with van der Waals surface area (Å²) in [4.78, 5) is 0. The lowest BCUT2D eigenvalue weighted by atomic mass is 10.1. The van der Waals surface area contributed by atoms with Gasteiger partial charge in [0, 0.05) is 6.54 Å². The topological polar surface area (TPSA) is 54.5 Å². The number of hydrogen-bond acceptors (Lipinski definition) is 3. The third kappa shape index (κ3) is 1.89. The molecule has 17 heavy (non-hydrogen) atoms. The molecule has 4 heteroatoms. The van der Waals surface area contributed by atoms with Crippen LogP contribution in [0.15, 0.2) is 18.2 Å². The minimum absolute atomic E-state index is 0.644. The molecule has 1 unspecified atom stereocenters. The standard InChI is InChI=1S/C13H14N4/c1-9(11-3-4-11)8-17-13-6-10(7-14)2-5-12(13)15-16-17/h2,5-6,9,11H,3-4,8H2,1H3. The Morgan fingerprint density at radius 3 is 3.06 bits per heavy atom. The van der Waals surface area contributed by atoms with Gasteiger partial charge in [0.05, 0.1) is 17.1 Å². The maximum absolute atomic E-state index is 8.91. The van der Waals surface area contributed by atoms with E-state index in [0.717, 1.165) is 23.5 Å². The Kier molecular flexibility index (Phi) is 2.32. The molecule has 1 saturated carbocycles. The van der Waals surface area contributed by atoms with Crippen LogP contribution in [0.25, 0.3) is 11.0 Å². The second kappa shape index (κ2) is 3.85. The summed E-state index contributed by atoms with van der Waals surface area (Å²) in [6.45, 7) is 3.16. The van der Waals surface area contributed by atoms with Crippen molar-refractivity contribution in [2.45, 2.75) is 26.3 Å². The molecule has 0 N–H and O–H groups in total. The maximum atomic E-state index is 8.91. The van der Waals surface area contributed by atoms with Crippen molar-refractivity contribution in [3.63, 3.8) is 0 Å². The highest BCUT2D eigenvalue weighted by Gasteiger charge is 2.28. The van der Waals surface area contributed by atoms with Crippen molar-refractivity contribution < 1.29 is 0 Å². The Morgan fingerprint density at radius 2 is 2.35 bits per heavy atom. The van der Waals surface area contributed by atoms with Gasteiger partial charge in [0.15, 0.2) is 0 Å². The molecule has 0 spiro atoms. The highest BCUT2D eigenvalue weighted by molar-refractivity contribution is 5.75. The SMILES string of the molecule is CC(Cn1nnc2ccc(C#N)cc21)C1CC1. The van der Waals surface area contributed by atoms with Crippen molar-refractivity contribution in [3.8, 4) is 6.07 Å². The number of nitriles is 1. The molecular weight excluding hydrogens is 212 g/mol. The first-order valence-corrected chi connectivity index (χ1v) is 6.01. The van der Waals surface area contributed by atoms with Gasteiger partial charge in [-0.2, -0.15) is 5.26 Å². The molecule has 1 aliphatic carbocycles. The lowest BCUT2D eigenvalue weighted by Crippen LogP contribution is -2.10. The van der Waals surface area contributed by atoms with Crippen LogP contribution in [-0.2, 0) is 6.54 Å². The second-order valence-corrected chi connectivity index (χ2v) is 4.90. The van der Waals surface area contributed by atoms with Gasteiger partial charge in [0.1, 0.15) is 5.52 Å². The van der Waals surface area contributed by atoms with Gasteiger partial charge in [-0.1, -0.05) is 12.1 Å². The Bertz CT molecular complexity index is 589. The molecule has 0 bridgehead atoms. The lowest BCUT2D eigenvalue weighted by Gasteiger charge is -2.09. The first kappa shape index (κ1) is 10.3. The molecule has 0 amide bonds. The number of nitrogens with zero attached hydrogens (tertiary/aromatic N) is 4. The van der Waals surface area contributed by atoms with Crippen LogP contribution in [0.3, 0.4) is 0 Å². The number of fused-ring (bicyclic) bond motifs is 1. The third-order valence-corrected chi connectivity index (χ3v) is 3.53. The van der Waals surface area contributed by atoms with Crippen molar-refractivity contribution in [2.24, 2.45) is 11.8 Å². The van der Waals surface area contributed by atoms with E-state index in [2.05, 4.69) is 23.3 Å². The fourth-order valence-electron chi connectivity index (χ4n) is 2.26. The van der Waals surface area contributed by atoms with Gasteiger partial charge in [-0.3, -0.25) is 0 Å². The molecule has 1 aromatic heterocycles. The predicted molar refractivity (Wildman–Crippen MR) is 64.1 cm³/mol. The van der Waals surface area contributed by atoms with E-state index in [1.807, 2.05) is 16.8 Å². The van der Waals surface area contributed by atoms with Gasteiger partial charge in [-0.15, -0.1) is 5.10 Å². The zero-order valence-electron chi connectivity index (χ0n) is 9.80. The van der Waals surface area contributed by atoms with Crippen LogP contribution in [0.5, 0.6) is 0 Å². The molecule has 0 radical (unpaired) electrons. The summed E-state index contributed by atoms with van der Waals surface area (Å²) in [6, 6.07) is 7.67. The number of hydrogen-bond donors (Lipinski definition) is 0. The Labute approximate surface area is 99.8 Å². The Hall–Kier alpha value is -1.89. The van der Waals surface area contributed by atoms with Crippen molar-refractivity contribution >= 4 is 11.0 Å². The summed E-state index contributed by atoms with van der Waals surface area (Å²) in [5.41, 5.74) is 2.50. The Balaban J connectivity index is 1.95. The molecule has 1 aliphatic rings. The van der Waals surface area contributed by atoms with Crippen LogP contribution in [0.2, 0.25) is 0 Å². The predicted octanol–water partition coefficient (Wildman–Crippen LogP) is 2.35. The normalized spacial score (nSPS) is 16.9. The summed E-state index contributed by atoms with van der Waals surface area (Å²) >= 11 is 0. The second-order valence-electron chi connectivity index (χ2n) is 4.90. The average Bonchev–Trinajstić information content (AvgIpc) is 3.13. The molecule has 1 aromatic carbocycles. The number of aromatic nitrogens is 3. The van der Waals surface area contributed by atoms with Crippen molar-refractivity contribution in [1.82, 2.24) is 15.0 Å². The van der Waals surface area contributed by atoms with E-state index < -0.39 is 0 Å². The lowest BCUT2D eigenvalue weighted by molar-refractivity contribution is 0.407. The van der Waals surface area contributed by atoms with Gasteiger partial charge in [0.25, 0.3) is 0 Å². The van der Waals surface area contributed by atoms with Crippen LogP contribution in [0.1, 0.15) is 25.3 Å². The van der Waals surface area contributed by atoms with E-state index in [-0.39, 0.29) is 0 Å². The first-order valence-electron chi connectivity index (χ1n) is 6.01. The van der Waals surface area contributed by atoms with Crippen LogP contribution in [0, 0.1) is 23.2 Å². The smallest absolute Gasteiger partial charge is 0.113 e. The number of rotatable bonds is 3. The van der Waals surface area contributed by atoms with E-state index in [9.17, 15) is 0 Å². The van der Waals surface area contributed by atoms with Crippen LogP contribution in [0.4, 0.5) is 0 Å². The van der Waals surface area contributed by atoms with Gasteiger partial charge in [0.2, 0.25) is 0 Å². The minimum Gasteiger partial charge on any atom is -0.244 e. The largest absolute Gasteiger partial charge is 0.244 e. The summed E-state index contributed by atoms with van der Waals surface area (Å²) < 4.78 is 1.93. The average molecular weight is 226 g/mol. The minimum atomic E-state index is 0.644. The molecule has 1 atom stereocenters. The van der Waals surface area contributed by atoms with Gasteiger partial charge < -0.3 is 0 Å². The molecule has 1 fully saturated rings. The molecule has 86 valence electrons. The quantitative estimate of drug-likeness (QED) is 0.807. The molecule has 4 nitrogen and oxygen atoms in total. The van der Waals surface area contributed by atoms with E-state index in [1.54, 1.807) is 6.07 Å². The number of benzene rings is 1. The summed E-state index contributed by atoms with van der Waals surface area (Å²) in [7, 11) is 0. The van der Waals surface area contributed by atoms with Crippen molar-refractivity contribution in [1.29, 1.82) is 5.26 Å². The monoisotopic (exact) mass is 226 g/mol. The van der Waals surface area contributed by atoms with E-state index in [4.69, 9.17) is 5.26 Å². The summed E-state index contributed by atoms with van der Waals surface area (Å²) in [5, 5.41) is 17.2. The summed E-state index contributed by atoms with van der Waals surface area (Å²) in [5.74, 6) is 1.50. The fourth-order valence-corrected chi connectivity index (χ4v) is 2.26. The van der Waals surface area contributed by atoms with Crippen molar-refractivity contribution in [2.75, 3.05) is 0 Å². The maximum Gasteiger partial charge on any atom is 0.113 e. The summed E-state index contributed by atoms with van der Waals surface area (Å²) in [6.07, 6.45) is 2.69. The Morgan fingerprint density at radius 1 is 1.53 bits per heavy atom. The molecule has 0 aliphatic heterocycles. The van der Waals surface area contributed by atoms with Crippen LogP contribution < -0.4 is 0 Å². The van der Waals surface area contributed by atoms with E-state index >= 15 is 0 Å². The zero-order chi connectivity index (χ0) is 11.8. The van der Waals surface area contributed by atoms with Crippen LogP contribution >= 0.6 is 0 Å². The van der Waals surface area contributed by atoms with Gasteiger partial charge in [-0.25, -0.2) is 4.68 Å². The highest BCUT2D eigenvalue weighted by atomic mass is 15.4. The first-order chi connectivity index (χ1) is 8.28.